The zero-order valence-electron chi connectivity index (χ0n) is 18.6. The standard InChI is InChI=1S/C25H34N2O2S/c1-5-6-16-26-25(29)21(4)27(18-22-10-8-7-9-20(22)3)24(28)15-17-30-23-13-11-19(2)12-14-23/h7-14,21H,5-6,15-18H2,1-4H3,(H,26,29)/t21-/m1/s1. The highest BCUT2D eigenvalue weighted by Crippen LogP contribution is 2.21. The number of carbonyl (C=O) groups is 2. The lowest BCUT2D eigenvalue weighted by Gasteiger charge is -2.29. The van der Waals surface area contributed by atoms with Gasteiger partial charge in [-0.25, -0.2) is 0 Å². The van der Waals surface area contributed by atoms with E-state index in [0.717, 1.165) is 28.9 Å². The number of hydrogen-bond acceptors (Lipinski definition) is 3. The molecule has 30 heavy (non-hydrogen) atoms. The van der Waals surface area contributed by atoms with Gasteiger partial charge in [-0.2, -0.15) is 0 Å². The second kappa shape index (κ2) is 12.4. The van der Waals surface area contributed by atoms with Crippen molar-refractivity contribution in [2.45, 2.75) is 64.4 Å². The van der Waals surface area contributed by atoms with E-state index in [1.807, 2.05) is 38.1 Å². The van der Waals surface area contributed by atoms with Crippen LogP contribution < -0.4 is 5.32 Å². The molecule has 0 saturated carbocycles. The Morgan fingerprint density at radius 1 is 1.07 bits per heavy atom. The molecule has 162 valence electrons. The molecule has 1 N–H and O–H groups in total. The molecule has 0 aliphatic rings. The summed E-state index contributed by atoms with van der Waals surface area (Å²) in [6, 6.07) is 15.9. The molecule has 1 atom stereocenters. The summed E-state index contributed by atoms with van der Waals surface area (Å²) in [7, 11) is 0. The first-order valence-corrected chi connectivity index (χ1v) is 11.7. The topological polar surface area (TPSA) is 49.4 Å². The predicted molar refractivity (Wildman–Crippen MR) is 126 cm³/mol. The Labute approximate surface area is 185 Å². The number of hydrogen-bond donors (Lipinski definition) is 1. The molecule has 0 radical (unpaired) electrons. The van der Waals surface area contributed by atoms with E-state index in [1.54, 1.807) is 16.7 Å². The van der Waals surface area contributed by atoms with Crippen molar-refractivity contribution >= 4 is 23.6 Å². The second-order valence-electron chi connectivity index (χ2n) is 7.68. The molecule has 0 heterocycles. The van der Waals surface area contributed by atoms with E-state index in [0.29, 0.717) is 25.3 Å². The Bertz CT molecular complexity index is 820. The van der Waals surface area contributed by atoms with Gasteiger partial charge in [0, 0.05) is 30.2 Å². The summed E-state index contributed by atoms with van der Waals surface area (Å²) >= 11 is 1.67. The maximum absolute atomic E-state index is 13.1. The van der Waals surface area contributed by atoms with Crippen molar-refractivity contribution in [3.63, 3.8) is 0 Å². The lowest BCUT2D eigenvalue weighted by molar-refractivity contribution is -0.140. The molecule has 0 bridgehead atoms. The molecule has 2 rings (SSSR count). The lowest BCUT2D eigenvalue weighted by atomic mass is 10.1. The van der Waals surface area contributed by atoms with Crippen molar-refractivity contribution in [2.24, 2.45) is 0 Å². The number of amides is 2. The molecule has 0 unspecified atom stereocenters. The smallest absolute Gasteiger partial charge is 0.242 e. The minimum Gasteiger partial charge on any atom is -0.354 e. The van der Waals surface area contributed by atoms with Crippen LogP contribution in [-0.2, 0) is 16.1 Å². The van der Waals surface area contributed by atoms with Crippen LogP contribution in [0, 0.1) is 13.8 Å². The lowest BCUT2D eigenvalue weighted by Crippen LogP contribution is -2.48. The highest BCUT2D eigenvalue weighted by atomic mass is 32.2. The van der Waals surface area contributed by atoms with Crippen LogP contribution in [0.4, 0.5) is 0 Å². The quantitative estimate of drug-likeness (QED) is 0.401. The van der Waals surface area contributed by atoms with Crippen molar-refractivity contribution in [1.82, 2.24) is 10.2 Å². The van der Waals surface area contributed by atoms with Crippen LogP contribution in [0.25, 0.3) is 0 Å². The molecular formula is C25H34N2O2S. The SMILES string of the molecule is CCCCNC(=O)[C@@H](C)N(Cc1ccccc1C)C(=O)CCSc1ccc(C)cc1. The Hall–Kier alpha value is -2.27. The minimum absolute atomic E-state index is 0.0102. The third kappa shape index (κ3) is 7.52. The van der Waals surface area contributed by atoms with Crippen LogP contribution in [-0.4, -0.2) is 35.1 Å². The molecule has 0 aliphatic heterocycles. The van der Waals surface area contributed by atoms with Crippen LogP contribution in [0.2, 0.25) is 0 Å². The van der Waals surface area contributed by atoms with E-state index in [9.17, 15) is 9.59 Å². The molecule has 2 aromatic carbocycles. The van der Waals surface area contributed by atoms with E-state index in [1.165, 1.54) is 5.56 Å². The number of aryl methyl sites for hydroxylation is 2. The largest absolute Gasteiger partial charge is 0.354 e. The number of benzene rings is 2. The van der Waals surface area contributed by atoms with Crippen molar-refractivity contribution < 1.29 is 9.59 Å². The summed E-state index contributed by atoms with van der Waals surface area (Å²) in [5.41, 5.74) is 3.43. The van der Waals surface area contributed by atoms with Crippen LogP contribution >= 0.6 is 11.8 Å². The first kappa shape index (κ1) is 24.0. The third-order valence-electron chi connectivity index (χ3n) is 5.20. The number of unbranched alkanes of at least 4 members (excludes halogenated alkanes) is 1. The first-order chi connectivity index (χ1) is 14.4. The van der Waals surface area contributed by atoms with Gasteiger partial charge in [-0.05, 0) is 50.5 Å². The predicted octanol–water partition coefficient (Wildman–Crippen LogP) is 5.12. The summed E-state index contributed by atoms with van der Waals surface area (Å²) in [4.78, 5) is 28.6. The second-order valence-corrected chi connectivity index (χ2v) is 8.85. The zero-order valence-corrected chi connectivity index (χ0v) is 19.4. The van der Waals surface area contributed by atoms with Gasteiger partial charge in [-0.1, -0.05) is 55.3 Å². The van der Waals surface area contributed by atoms with Gasteiger partial charge in [0.05, 0.1) is 0 Å². The van der Waals surface area contributed by atoms with E-state index in [4.69, 9.17) is 0 Å². The zero-order chi connectivity index (χ0) is 21.9. The van der Waals surface area contributed by atoms with Gasteiger partial charge in [0.15, 0.2) is 0 Å². The van der Waals surface area contributed by atoms with Gasteiger partial charge in [0.1, 0.15) is 6.04 Å². The first-order valence-electron chi connectivity index (χ1n) is 10.7. The summed E-state index contributed by atoms with van der Waals surface area (Å²) in [6.45, 7) is 9.11. The fraction of sp³-hybridized carbons (Fsp3) is 0.440. The van der Waals surface area contributed by atoms with E-state index >= 15 is 0 Å². The van der Waals surface area contributed by atoms with Crippen LogP contribution in [0.1, 0.15) is 49.8 Å². The third-order valence-corrected chi connectivity index (χ3v) is 6.22. The monoisotopic (exact) mass is 426 g/mol. The van der Waals surface area contributed by atoms with Crippen molar-refractivity contribution in [1.29, 1.82) is 0 Å². The van der Waals surface area contributed by atoms with Gasteiger partial charge in [0.25, 0.3) is 0 Å². The summed E-state index contributed by atoms with van der Waals surface area (Å²) < 4.78 is 0. The number of nitrogens with one attached hydrogen (secondary N) is 1. The number of rotatable bonds is 11. The van der Waals surface area contributed by atoms with Gasteiger partial charge in [-0.3, -0.25) is 9.59 Å². The molecule has 0 spiro atoms. The Morgan fingerprint density at radius 3 is 2.43 bits per heavy atom. The number of nitrogens with zero attached hydrogens (tertiary/aromatic N) is 1. The number of carbonyl (C=O) groups excluding carboxylic acids is 2. The molecule has 2 aromatic rings. The van der Waals surface area contributed by atoms with Gasteiger partial charge in [-0.15, -0.1) is 11.8 Å². The molecule has 0 fully saturated rings. The maximum Gasteiger partial charge on any atom is 0.242 e. The van der Waals surface area contributed by atoms with Gasteiger partial charge < -0.3 is 10.2 Å². The fourth-order valence-electron chi connectivity index (χ4n) is 3.12. The van der Waals surface area contributed by atoms with Gasteiger partial charge >= 0.3 is 0 Å². The molecule has 4 nitrogen and oxygen atoms in total. The van der Waals surface area contributed by atoms with E-state index in [2.05, 4.69) is 43.4 Å². The molecule has 5 heteroatoms. The highest BCUT2D eigenvalue weighted by molar-refractivity contribution is 7.99. The molecule has 0 aliphatic carbocycles. The summed E-state index contributed by atoms with van der Waals surface area (Å²) in [5.74, 6) is 0.614. The summed E-state index contributed by atoms with van der Waals surface area (Å²) in [6.07, 6.45) is 2.37. The average Bonchev–Trinajstić information content (AvgIpc) is 2.74. The Kier molecular flexibility index (Phi) is 9.95. The van der Waals surface area contributed by atoms with Crippen LogP contribution in [0.15, 0.2) is 53.4 Å². The van der Waals surface area contributed by atoms with E-state index < -0.39 is 6.04 Å². The molecule has 0 aromatic heterocycles. The molecule has 0 saturated heterocycles. The van der Waals surface area contributed by atoms with Crippen molar-refractivity contribution in [2.75, 3.05) is 12.3 Å². The van der Waals surface area contributed by atoms with Crippen molar-refractivity contribution in [3.05, 3.63) is 65.2 Å². The van der Waals surface area contributed by atoms with Crippen molar-refractivity contribution in [3.8, 4) is 0 Å². The summed E-state index contributed by atoms with van der Waals surface area (Å²) in [5, 5.41) is 2.97. The molecule has 2 amide bonds. The number of thioether (sulfide) groups is 1. The average molecular weight is 427 g/mol. The highest BCUT2D eigenvalue weighted by Gasteiger charge is 2.26. The van der Waals surface area contributed by atoms with Crippen LogP contribution in [0.3, 0.4) is 0 Å². The van der Waals surface area contributed by atoms with Gasteiger partial charge in [0.2, 0.25) is 11.8 Å². The maximum atomic E-state index is 13.1. The van der Waals surface area contributed by atoms with Crippen LogP contribution in [0.5, 0.6) is 0 Å². The normalized spacial score (nSPS) is 11.7. The minimum atomic E-state index is -0.502. The Morgan fingerprint density at radius 2 is 1.77 bits per heavy atom. The van der Waals surface area contributed by atoms with E-state index in [-0.39, 0.29) is 11.8 Å². The Balaban J connectivity index is 2.04. The molecular weight excluding hydrogens is 392 g/mol. The fourth-order valence-corrected chi connectivity index (χ4v) is 3.96.